The minimum absolute atomic E-state index is 0.0445. The van der Waals surface area contributed by atoms with Gasteiger partial charge in [0.05, 0.1) is 25.5 Å². The van der Waals surface area contributed by atoms with E-state index in [1.807, 2.05) is 30.3 Å². The average Bonchev–Trinajstić information content (AvgIpc) is 3.82. The maximum atomic E-state index is 15.1. The molecule has 0 spiro atoms. The molecule has 1 aromatic heterocycles. The minimum atomic E-state index is -3.60. The summed E-state index contributed by atoms with van der Waals surface area (Å²) in [5.74, 6) is -4.23. The van der Waals surface area contributed by atoms with Crippen molar-refractivity contribution in [2.45, 2.75) is 43.2 Å². The topological polar surface area (TPSA) is 103 Å². The van der Waals surface area contributed by atoms with Crippen molar-refractivity contribution in [2.75, 3.05) is 56.0 Å². The van der Waals surface area contributed by atoms with Crippen LogP contribution in [0.2, 0.25) is 0 Å². The Morgan fingerprint density at radius 1 is 1.09 bits per heavy atom. The quantitative estimate of drug-likeness (QED) is 0.425. The number of ether oxygens (including phenoxy) is 1. The van der Waals surface area contributed by atoms with Crippen LogP contribution in [0.3, 0.4) is 0 Å². The Balaban J connectivity index is 1.26. The summed E-state index contributed by atoms with van der Waals surface area (Å²) in [5.41, 5.74) is 2.22. The fraction of sp³-hybridized carbons (Fsp3) is 0.419. The van der Waals surface area contributed by atoms with Crippen molar-refractivity contribution >= 4 is 35.0 Å². The first-order valence-corrected chi connectivity index (χ1v) is 14.4. The summed E-state index contributed by atoms with van der Waals surface area (Å²) in [5, 5.41) is 6.22. The second-order valence-electron chi connectivity index (χ2n) is 11.5. The number of carbonyl (C=O) groups is 2. The molecule has 3 aliphatic rings. The summed E-state index contributed by atoms with van der Waals surface area (Å²) in [6, 6.07) is 14.6. The Bertz CT molecular complexity index is 1510. The number of aromatic nitrogens is 2. The van der Waals surface area contributed by atoms with Crippen molar-refractivity contribution < 1.29 is 23.1 Å². The fourth-order valence-electron chi connectivity index (χ4n) is 5.92. The summed E-state index contributed by atoms with van der Waals surface area (Å²) in [4.78, 5) is 39.3. The first-order valence-electron chi connectivity index (χ1n) is 14.4. The summed E-state index contributed by atoms with van der Waals surface area (Å²) in [7, 11) is 4.88. The number of amides is 2. The smallest absolute Gasteiger partial charge is 0.342 e. The van der Waals surface area contributed by atoms with Crippen LogP contribution in [-0.4, -0.2) is 85.5 Å². The van der Waals surface area contributed by atoms with Crippen LogP contribution in [0.1, 0.15) is 41.1 Å². The lowest BCUT2D eigenvalue weighted by molar-refractivity contribution is -0.140. The Labute approximate surface area is 249 Å². The van der Waals surface area contributed by atoms with Crippen LogP contribution in [0.25, 0.3) is 0 Å². The molecular formula is C31H35F2N7O3. The molecule has 0 radical (unpaired) electrons. The molecular weight excluding hydrogens is 556 g/mol. The number of hydrogen-bond acceptors (Lipinski definition) is 8. The van der Waals surface area contributed by atoms with E-state index < -0.39 is 18.4 Å². The van der Waals surface area contributed by atoms with Crippen molar-refractivity contribution in [1.29, 1.82) is 0 Å². The molecule has 6 rings (SSSR count). The van der Waals surface area contributed by atoms with Gasteiger partial charge in [-0.1, -0.05) is 30.3 Å². The molecule has 2 aromatic carbocycles. The molecule has 2 fully saturated rings. The second kappa shape index (κ2) is 11.4. The highest BCUT2D eigenvalue weighted by Gasteiger charge is 2.53. The molecule has 0 bridgehead atoms. The highest BCUT2D eigenvalue weighted by molar-refractivity contribution is 6.02. The van der Waals surface area contributed by atoms with Crippen molar-refractivity contribution in [3.63, 3.8) is 0 Å². The van der Waals surface area contributed by atoms with Crippen LogP contribution in [-0.2, 0) is 4.79 Å². The van der Waals surface area contributed by atoms with E-state index in [9.17, 15) is 9.59 Å². The third-order valence-corrected chi connectivity index (χ3v) is 8.52. The molecule has 2 aliphatic heterocycles. The van der Waals surface area contributed by atoms with E-state index in [4.69, 9.17) is 4.74 Å². The molecule has 2 N–H and O–H groups in total. The molecule has 1 saturated heterocycles. The Kier molecular flexibility index (Phi) is 7.63. The molecule has 1 aliphatic carbocycles. The minimum Gasteiger partial charge on any atom is -0.495 e. The molecule has 2 atom stereocenters. The fourth-order valence-corrected chi connectivity index (χ4v) is 5.92. The maximum Gasteiger partial charge on any atom is 0.342 e. The average molecular weight is 592 g/mol. The lowest BCUT2D eigenvalue weighted by Gasteiger charge is -2.29. The molecule has 226 valence electrons. The number of nitrogens with one attached hydrogen (secondary N) is 2. The van der Waals surface area contributed by atoms with E-state index in [-0.39, 0.29) is 41.4 Å². The van der Waals surface area contributed by atoms with Gasteiger partial charge in [0, 0.05) is 30.6 Å². The number of alkyl halides is 2. The first kappa shape index (κ1) is 28.8. The monoisotopic (exact) mass is 591 g/mol. The molecule has 3 heterocycles. The molecule has 1 unspecified atom stereocenters. The van der Waals surface area contributed by atoms with Crippen LogP contribution >= 0.6 is 0 Å². The van der Waals surface area contributed by atoms with Gasteiger partial charge < -0.3 is 30.1 Å². The van der Waals surface area contributed by atoms with E-state index in [2.05, 4.69) is 32.5 Å². The third kappa shape index (κ3) is 5.83. The summed E-state index contributed by atoms with van der Waals surface area (Å²) >= 11 is 0. The lowest BCUT2D eigenvalue weighted by atomic mass is 10.0. The van der Waals surface area contributed by atoms with Gasteiger partial charge in [-0.2, -0.15) is 13.8 Å². The number of halogens is 2. The number of nitrogens with zero attached hydrogens (tertiary/aromatic N) is 5. The SMILES string of the molecule is COc1cc(C(=O)NC2CCN(C)CC2)ccc1Nc1ncc2c(n1)N(C1C[C@H]1c1ccccc1)CC(F)(F)C(=O)N2C. The number of fused-ring (bicyclic) bond motifs is 1. The number of likely N-dealkylation sites (tertiary alicyclic amines) is 1. The predicted molar refractivity (Wildman–Crippen MR) is 160 cm³/mol. The lowest BCUT2D eigenvalue weighted by Crippen LogP contribution is -2.46. The van der Waals surface area contributed by atoms with E-state index in [0.717, 1.165) is 36.4 Å². The van der Waals surface area contributed by atoms with Crippen LogP contribution in [0.15, 0.2) is 54.7 Å². The molecule has 1 saturated carbocycles. The number of hydrogen-bond donors (Lipinski definition) is 2. The molecule has 2 amide bonds. The van der Waals surface area contributed by atoms with Crippen LogP contribution in [0.4, 0.5) is 31.9 Å². The van der Waals surface area contributed by atoms with Gasteiger partial charge in [-0.15, -0.1) is 0 Å². The number of benzene rings is 2. The van der Waals surface area contributed by atoms with Crippen molar-refractivity contribution in [1.82, 2.24) is 20.2 Å². The van der Waals surface area contributed by atoms with Gasteiger partial charge >= 0.3 is 5.92 Å². The zero-order valence-corrected chi connectivity index (χ0v) is 24.4. The Hall–Kier alpha value is -4.32. The molecule has 10 nitrogen and oxygen atoms in total. The standard InChI is InChI=1S/C31H35F2N7O3/c1-38-13-11-21(12-14-38)35-28(41)20-9-10-23(26(15-20)43-3)36-30-34-17-25-27(37-30)40(18-31(32,33)29(42)39(25)2)24-16-22(24)19-7-5-4-6-8-19/h4-10,15,17,21-22,24H,11-14,16,18H2,1-3H3,(H,35,41)(H,34,36,37)/t22-,24?/m0/s1. The molecule has 43 heavy (non-hydrogen) atoms. The van der Waals surface area contributed by atoms with Gasteiger partial charge in [0.2, 0.25) is 5.95 Å². The number of rotatable bonds is 7. The van der Waals surface area contributed by atoms with Crippen molar-refractivity contribution in [3.05, 3.63) is 65.9 Å². The zero-order valence-electron chi connectivity index (χ0n) is 24.4. The van der Waals surface area contributed by atoms with Gasteiger partial charge in [-0.3, -0.25) is 9.59 Å². The number of methoxy groups -OCH3 is 1. The van der Waals surface area contributed by atoms with E-state index in [1.165, 1.54) is 25.3 Å². The summed E-state index contributed by atoms with van der Waals surface area (Å²) in [6.07, 6.45) is 3.84. The summed E-state index contributed by atoms with van der Waals surface area (Å²) < 4.78 is 35.8. The van der Waals surface area contributed by atoms with Gasteiger partial charge in [0.25, 0.3) is 11.8 Å². The van der Waals surface area contributed by atoms with E-state index >= 15 is 8.78 Å². The van der Waals surface area contributed by atoms with Crippen LogP contribution < -0.4 is 25.2 Å². The Morgan fingerprint density at radius 2 is 1.84 bits per heavy atom. The molecule has 3 aromatic rings. The van der Waals surface area contributed by atoms with Gasteiger partial charge in [0.1, 0.15) is 11.4 Å². The number of piperidine rings is 1. The van der Waals surface area contributed by atoms with Gasteiger partial charge in [-0.25, -0.2) is 4.98 Å². The zero-order chi connectivity index (χ0) is 30.3. The second-order valence-corrected chi connectivity index (χ2v) is 11.5. The van der Waals surface area contributed by atoms with Gasteiger partial charge in [0.15, 0.2) is 5.82 Å². The maximum absolute atomic E-state index is 15.1. The molecule has 12 heteroatoms. The highest BCUT2D eigenvalue weighted by atomic mass is 19.3. The van der Waals surface area contributed by atoms with Crippen LogP contribution in [0.5, 0.6) is 5.75 Å². The number of anilines is 4. The van der Waals surface area contributed by atoms with Crippen molar-refractivity contribution in [3.8, 4) is 5.75 Å². The first-order chi connectivity index (χ1) is 20.6. The van der Waals surface area contributed by atoms with E-state index in [0.29, 0.717) is 23.4 Å². The highest BCUT2D eigenvalue weighted by Crippen LogP contribution is 2.49. The Morgan fingerprint density at radius 3 is 2.56 bits per heavy atom. The van der Waals surface area contributed by atoms with Gasteiger partial charge in [-0.05, 0) is 63.2 Å². The van der Waals surface area contributed by atoms with Crippen LogP contribution in [0, 0.1) is 0 Å². The summed E-state index contributed by atoms with van der Waals surface area (Å²) in [6.45, 7) is 1.09. The van der Waals surface area contributed by atoms with E-state index in [1.54, 1.807) is 18.2 Å². The van der Waals surface area contributed by atoms with Crippen molar-refractivity contribution in [2.24, 2.45) is 0 Å². The largest absolute Gasteiger partial charge is 0.495 e. The third-order valence-electron chi connectivity index (χ3n) is 8.52. The number of carbonyl (C=O) groups excluding carboxylic acids is 2. The normalized spacial score (nSPS) is 22.0. The predicted octanol–water partition coefficient (Wildman–Crippen LogP) is 4.03.